The van der Waals surface area contributed by atoms with Crippen molar-refractivity contribution in [3.05, 3.63) is 59.3 Å². The molecule has 1 aliphatic heterocycles. The van der Waals surface area contributed by atoms with E-state index in [1.54, 1.807) is 18.7 Å². The van der Waals surface area contributed by atoms with Crippen LogP contribution in [-0.2, 0) is 13.2 Å². The van der Waals surface area contributed by atoms with Gasteiger partial charge in [-0.1, -0.05) is 11.6 Å². The van der Waals surface area contributed by atoms with Crippen LogP contribution in [0.2, 0.25) is 5.02 Å². The van der Waals surface area contributed by atoms with E-state index < -0.39 is 11.7 Å². The van der Waals surface area contributed by atoms with Crippen molar-refractivity contribution in [2.75, 3.05) is 37.8 Å². The minimum atomic E-state index is -4.57. The summed E-state index contributed by atoms with van der Waals surface area (Å²) in [5.74, 6) is 1.09. The van der Waals surface area contributed by atoms with Gasteiger partial charge in [0.15, 0.2) is 23.0 Å². The average molecular weight is 590 g/mol. The fourth-order valence-electron chi connectivity index (χ4n) is 4.49. The van der Waals surface area contributed by atoms with Crippen LogP contribution in [0, 0.1) is 0 Å². The van der Waals surface area contributed by atoms with Crippen molar-refractivity contribution in [2.24, 2.45) is 12.8 Å². The lowest BCUT2D eigenvalue weighted by molar-refractivity contribution is -0.137. The van der Waals surface area contributed by atoms with Crippen molar-refractivity contribution in [1.82, 2.24) is 29.4 Å². The molecule has 0 unspecified atom stereocenters. The van der Waals surface area contributed by atoms with Gasteiger partial charge in [0.1, 0.15) is 28.1 Å². The van der Waals surface area contributed by atoms with Gasteiger partial charge in [-0.25, -0.2) is 15.0 Å². The topological polar surface area (TPSA) is 128 Å². The Balaban J connectivity index is 1.46. The Kier molecular flexibility index (Phi) is 7.78. The van der Waals surface area contributed by atoms with Gasteiger partial charge in [-0.3, -0.25) is 0 Å². The lowest BCUT2D eigenvalue weighted by Crippen LogP contribution is -2.21. The number of nitrogens with two attached hydrogens (primary N) is 1. The molecule has 0 amide bonds. The summed E-state index contributed by atoms with van der Waals surface area (Å²) in [5.41, 5.74) is 6.09. The van der Waals surface area contributed by atoms with Crippen molar-refractivity contribution in [2.45, 2.75) is 18.7 Å². The largest absolute Gasteiger partial charge is 0.489 e. The Labute approximate surface area is 238 Å². The van der Waals surface area contributed by atoms with E-state index in [9.17, 15) is 13.2 Å². The number of aromatic nitrogens is 5. The number of ether oxygens (including phenoxy) is 2. The van der Waals surface area contributed by atoms with Crippen LogP contribution in [0.15, 0.2) is 43.0 Å². The first-order valence-corrected chi connectivity index (χ1v) is 12.9. The number of hydrogen-bond acceptors (Lipinski definition) is 10. The van der Waals surface area contributed by atoms with E-state index in [2.05, 4.69) is 35.5 Å². The number of fused-ring (bicyclic) bond motifs is 1. The maximum Gasteiger partial charge on any atom is 0.416 e. The molecule has 15 heteroatoms. The highest BCUT2D eigenvalue weighted by Crippen LogP contribution is 2.38. The maximum atomic E-state index is 13.7. The molecular weight excluding hydrogens is 563 g/mol. The zero-order valence-electron chi connectivity index (χ0n) is 22.3. The molecule has 4 heterocycles. The first-order chi connectivity index (χ1) is 19.6. The zero-order valence-corrected chi connectivity index (χ0v) is 23.1. The predicted molar refractivity (Wildman–Crippen MR) is 149 cm³/mol. The molecule has 4 N–H and O–H groups in total. The maximum absolute atomic E-state index is 13.7. The second-order valence-electron chi connectivity index (χ2n) is 9.40. The predicted octanol–water partition coefficient (Wildman–Crippen LogP) is 4.63. The van der Waals surface area contributed by atoms with Gasteiger partial charge in [-0.05, 0) is 25.6 Å². The van der Waals surface area contributed by atoms with E-state index in [0.717, 1.165) is 25.1 Å². The van der Waals surface area contributed by atoms with Crippen LogP contribution in [0.25, 0.3) is 16.9 Å². The van der Waals surface area contributed by atoms with Crippen LogP contribution in [-0.4, -0.2) is 62.7 Å². The van der Waals surface area contributed by atoms with Gasteiger partial charge in [-0.2, -0.15) is 18.2 Å². The van der Waals surface area contributed by atoms with Crippen LogP contribution >= 0.6 is 11.6 Å². The van der Waals surface area contributed by atoms with E-state index in [0.29, 0.717) is 23.6 Å². The SMILES string of the molecule is CNc1nccnc1C(=CN)Oc1cnc2nc(Nc3cc(O[C@@H]4CCN(C)C4)cc(C(F)(F)F)c3)n(C)c2c1Cl. The number of nitrogens with one attached hydrogen (secondary N) is 2. The van der Waals surface area contributed by atoms with Gasteiger partial charge >= 0.3 is 6.18 Å². The molecule has 216 valence electrons. The molecule has 0 saturated carbocycles. The second-order valence-corrected chi connectivity index (χ2v) is 9.78. The van der Waals surface area contributed by atoms with Gasteiger partial charge in [0.2, 0.25) is 5.95 Å². The average Bonchev–Trinajstić information content (AvgIpc) is 3.49. The highest BCUT2D eigenvalue weighted by molar-refractivity contribution is 6.36. The Hall–Kier alpha value is -4.30. The highest BCUT2D eigenvalue weighted by Gasteiger charge is 2.32. The molecule has 1 atom stereocenters. The fraction of sp³-hybridized carbons (Fsp3) is 0.308. The number of anilines is 3. The summed E-state index contributed by atoms with van der Waals surface area (Å²) in [4.78, 5) is 19.3. The summed E-state index contributed by atoms with van der Waals surface area (Å²) >= 11 is 6.70. The minimum absolute atomic E-state index is 0.110. The molecule has 11 nitrogen and oxygen atoms in total. The number of benzene rings is 1. The number of rotatable bonds is 8. The molecule has 0 spiro atoms. The van der Waals surface area contributed by atoms with E-state index in [1.165, 1.54) is 30.9 Å². The number of aryl methyl sites for hydroxylation is 1. The Morgan fingerprint density at radius 1 is 1.17 bits per heavy atom. The molecule has 0 aliphatic carbocycles. The molecule has 3 aromatic heterocycles. The molecule has 1 aliphatic rings. The first kappa shape index (κ1) is 28.2. The number of pyridine rings is 1. The van der Waals surface area contributed by atoms with Gasteiger partial charge < -0.3 is 35.3 Å². The monoisotopic (exact) mass is 589 g/mol. The van der Waals surface area contributed by atoms with Gasteiger partial charge in [0.05, 0.1) is 11.8 Å². The van der Waals surface area contributed by atoms with Crippen LogP contribution in [0.5, 0.6) is 11.5 Å². The summed E-state index contributed by atoms with van der Waals surface area (Å²) < 4.78 is 54.6. The lowest BCUT2D eigenvalue weighted by atomic mass is 10.1. The molecule has 0 radical (unpaired) electrons. The Morgan fingerprint density at radius 3 is 2.63 bits per heavy atom. The summed E-state index contributed by atoms with van der Waals surface area (Å²) in [7, 11) is 5.27. The van der Waals surface area contributed by atoms with Crippen LogP contribution in [0.4, 0.5) is 30.6 Å². The van der Waals surface area contributed by atoms with E-state index >= 15 is 0 Å². The number of halogens is 4. The van der Waals surface area contributed by atoms with Crippen LogP contribution in [0.3, 0.4) is 0 Å². The normalized spacial score (nSPS) is 16.3. The molecule has 5 rings (SSSR count). The smallest absolute Gasteiger partial charge is 0.416 e. The molecule has 1 fully saturated rings. The summed E-state index contributed by atoms with van der Waals surface area (Å²) in [6.45, 7) is 1.44. The van der Waals surface area contributed by atoms with Crippen molar-refractivity contribution in [3.8, 4) is 11.5 Å². The summed E-state index contributed by atoms with van der Waals surface area (Å²) in [5, 5.41) is 6.02. The third-order valence-corrected chi connectivity index (χ3v) is 6.85. The third-order valence-electron chi connectivity index (χ3n) is 6.49. The highest BCUT2D eigenvalue weighted by atomic mass is 35.5. The molecule has 4 aromatic rings. The molecule has 41 heavy (non-hydrogen) atoms. The van der Waals surface area contributed by atoms with Gasteiger partial charge in [-0.15, -0.1) is 0 Å². The van der Waals surface area contributed by atoms with Crippen molar-refractivity contribution in [3.63, 3.8) is 0 Å². The van der Waals surface area contributed by atoms with E-state index in [1.807, 2.05) is 7.05 Å². The number of likely N-dealkylation sites (N-methyl/N-ethyl adjacent to an activating group) is 1. The van der Waals surface area contributed by atoms with Crippen molar-refractivity contribution < 1.29 is 22.6 Å². The van der Waals surface area contributed by atoms with Crippen molar-refractivity contribution in [1.29, 1.82) is 0 Å². The minimum Gasteiger partial charge on any atom is -0.489 e. The standard InChI is InChI=1S/C26H27ClF3N9O2/c1-32-23-21(33-5-6-34-23)18(11-31)41-19-12-35-24-22(20(19)27)39(3)25(37-24)36-15-8-14(26(28,29)30)9-17(10-15)40-16-4-7-38(2)13-16/h5-6,8-12,16H,4,7,13,31H2,1-3H3,(H,32,34)(H,35,36,37)/t16-/m1/s1. The quantitative estimate of drug-likeness (QED) is 0.250. The molecule has 1 saturated heterocycles. The number of hydrogen-bond donors (Lipinski definition) is 3. The van der Waals surface area contributed by atoms with E-state index in [-0.39, 0.29) is 45.7 Å². The Morgan fingerprint density at radius 2 is 1.95 bits per heavy atom. The molecule has 0 bridgehead atoms. The molecule has 1 aromatic carbocycles. The second kappa shape index (κ2) is 11.3. The number of imidazole rings is 1. The third kappa shape index (κ3) is 5.93. The lowest BCUT2D eigenvalue weighted by Gasteiger charge is -2.17. The Bertz CT molecular complexity index is 1610. The fourth-order valence-corrected chi connectivity index (χ4v) is 4.79. The van der Waals surface area contributed by atoms with Gasteiger partial charge in [0.25, 0.3) is 0 Å². The number of alkyl halides is 3. The van der Waals surface area contributed by atoms with E-state index in [4.69, 9.17) is 26.8 Å². The first-order valence-electron chi connectivity index (χ1n) is 12.5. The van der Waals surface area contributed by atoms with Gasteiger partial charge in [0, 0.05) is 57.5 Å². The number of likely N-dealkylation sites (tertiary alicyclic amines) is 1. The van der Waals surface area contributed by atoms with Crippen molar-refractivity contribution >= 4 is 46.0 Å². The summed E-state index contributed by atoms with van der Waals surface area (Å²) in [6.07, 6.45) is 1.54. The number of nitrogens with zero attached hydrogens (tertiary/aromatic N) is 6. The summed E-state index contributed by atoms with van der Waals surface area (Å²) in [6, 6.07) is 3.50. The van der Waals surface area contributed by atoms with Crippen LogP contribution in [0.1, 0.15) is 17.7 Å². The zero-order chi connectivity index (χ0) is 29.3. The molecular formula is C26H27ClF3N9O2. The van der Waals surface area contributed by atoms with Crippen LogP contribution < -0.4 is 25.8 Å².